The Kier molecular flexibility index (Phi) is 2.81. The zero-order chi connectivity index (χ0) is 13.4. The summed E-state index contributed by atoms with van der Waals surface area (Å²) in [4.78, 5) is 0. The number of aryl methyl sites for hydroxylation is 2. The van der Waals surface area contributed by atoms with Crippen molar-refractivity contribution in [3.63, 3.8) is 0 Å². The summed E-state index contributed by atoms with van der Waals surface area (Å²) >= 11 is 0. The second-order valence-corrected chi connectivity index (χ2v) is 5.76. The smallest absolute Gasteiger partial charge is 0.0175 e. The molecule has 0 aromatic heterocycles. The van der Waals surface area contributed by atoms with E-state index in [9.17, 15) is 0 Å². The summed E-state index contributed by atoms with van der Waals surface area (Å²) in [6.45, 7) is 0. The Morgan fingerprint density at radius 1 is 0.550 bits per heavy atom. The Bertz CT molecular complexity index is 754. The van der Waals surface area contributed by atoms with E-state index >= 15 is 0 Å². The molecule has 20 heavy (non-hydrogen) atoms. The van der Waals surface area contributed by atoms with Crippen molar-refractivity contribution in [3.05, 3.63) is 71.8 Å². The predicted molar refractivity (Wildman–Crippen MR) is 86.0 cm³/mol. The van der Waals surface area contributed by atoms with Gasteiger partial charge in [-0.05, 0) is 64.8 Å². The maximum absolute atomic E-state index is 2.41. The summed E-state index contributed by atoms with van der Waals surface area (Å²) in [5.41, 5.74) is 5.74. The first-order valence-electron chi connectivity index (χ1n) is 7.51. The Morgan fingerprint density at radius 2 is 1.25 bits per heavy atom. The van der Waals surface area contributed by atoms with Crippen LogP contribution in [0.2, 0.25) is 0 Å². The largest absolute Gasteiger partial charge is 0.0622 e. The van der Waals surface area contributed by atoms with Gasteiger partial charge in [0.2, 0.25) is 0 Å². The standard InChI is InChI=1S/C20H18/c1-2-6-15(7-3-1)18-10-11-19-12-16-8-4-5-9-17(16)13-20(19)14-18/h1-3,6-7,10-14H,4-5,8-9H2. The number of fused-ring (bicyclic) bond motifs is 2. The van der Waals surface area contributed by atoms with Gasteiger partial charge in [-0.1, -0.05) is 54.6 Å². The number of benzene rings is 3. The first-order chi connectivity index (χ1) is 9.90. The molecule has 0 N–H and O–H groups in total. The molecule has 0 nitrogen and oxygen atoms in total. The minimum Gasteiger partial charge on any atom is -0.0622 e. The summed E-state index contributed by atoms with van der Waals surface area (Å²) < 4.78 is 0. The van der Waals surface area contributed by atoms with Gasteiger partial charge in [0.05, 0.1) is 0 Å². The molecule has 1 aliphatic carbocycles. The highest BCUT2D eigenvalue weighted by Crippen LogP contribution is 2.29. The average Bonchev–Trinajstić information content (AvgIpc) is 2.53. The van der Waals surface area contributed by atoms with Crippen molar-refractivity contribution in [2.45, 2.75) is 25.7 Å². The minimum atomic E-state index is 1.25. The van der Waals surface area contributed by atoms with Crippen LogP contribution in [0.1, 0.15) is 24.0 Å². The van der Waals surface area contributed by atoms with E-state index in [-0.39, 0.29) is 0 Å². The maximum atomic E-state index is 2.41. The molecule has 0 saturated heterocycles. The molecule has 0 amide bonds. The second-order valence-electron chi connectivity index (χ2n) is 5.76. The molecule has 0 aliphatic heterocycles. The van der Waals surface area contributed by atoms with Crippen LogP contribution in [0, 0.1) is 0 Å². The first-order valence-corrected chi connectivity index (χ1v) is 7.51. The van der Waals surface area contributed by atoms with Gasteiger partial charge >= 0.3 is 0 Å². The molecule has 3 aromatic rings. The molecular formula is C20H18. The van der Waals surface area contributed by atoms with Crippen LogP contribution in [-0.4, -0.2) is 0 Å². The molecule has 0 fully saturated rings. The van der Waals surface area contributed by atoms with Crippen LogP contribution in [0.25, 0.3) is 21.9 Å². The third-order valence-corrected chi connectivity index (χ3v) is 4.41. The van der Waals surface area contributed by atoms with Gasteiger partial charge in [-0.15, -0.1) is 0 Å². The zero-order valence-corrected chi connectivity index (χ0v) is 11.6. The highest BCUT2D eigenvalue weighted by molar-refractivity contribution is 5.88. The van der Waals surface area contributed by atoms with Crippen LogP contribution < -0.4 is 0 Å². The lowest BCUT2D eigenvalue weighted by Gasteiger charge is -2.17. The van der Waals surface area contributed by atoms with Crippen molar-refractivity contribution >= 4 is 10.8 Å². The molecule has 3 aromatic carbocycles. The SMILES string of the molecule is c1ccc(-c2ccc3cc4c(cc3c2)CCCC4)cc1. The van der Waals surface area contributed by atoms with Gasteiger partial charge in [0.15, 0.2) is 0 Å². The van der Waals surface area contributed by atoms with Crippen molar-refractivity contribution in [2.75, 3.05) is 0 Å². The molecule has 0 spiro atoms. The molecule has 0 heteroatoms. The Hall–Kier alpha value is -2.08. The maximum Gasteiger partial charge on any atom is -0.0175 e. The number of hydrogen-bond donors (Lipinski definition) is 0. The number of hydrogen-bond acceptors (Lipinski definition) is 0. The highest BCUT2D eigenvalue weighted by atomic mass is 14.2. The predicted octanol–water partition coefficient (Wildman–Crippen LogP) is 5.39. The van der Waals surface area contributed by atoms with Crippen molar-refractivity contribution < 1.29 is 0 Å². The quantitative estimate of drug-likeness (QED) is 0.549. The summed E-state index contributed by atoms with van der Waals surface area (Å²) in [5, 5.41) is 2.76. The molecule has 4 rings (SSSR count). The van der Waals surface area contributed by atoms with E-state index in [0.29, 0.717) is 0 Å². The molecule has 0 bridgehead atoms. The molecule has 98 valence electrons. The molecule has 0 atom stereocenters. The van der Waals surface area contributed by atoms with E-state index in [4.69, 9.17) is 0 Å². The van der Waals surface area contributed by atoms with E-state index in [0.717, 1.165) is 0 Å². The summed E-state index contributed by atoms with van der Waals surface area (Å²) in [6, 6.07) is 22.3. The summed E-state index contributed by atoms with van der Waals surface area (Å²) in [6.07, 6.45) is 5.20. The lowest BCUT2D eigenvalue weighted by molar-refractivity contribution is 0.687. The van der Waals surface area contributed by atoms with E-state index in [1.807, 2.05) is 0 Å². The average molecular weight is 258 g/mol. The Balaban J connectivity index is 1.87. The molecular weight excluding hydrogens is 240 g/mol. The third-order valence-electron chi connectivity index (χ3n) is 4.41. The number of rotatable bonds is 1. The normalized spacial score (nSPS) is 14.2. The molecule has 0 saturated carbocycles. The van der Waals surface area contributed by atoms with Crippen molar-refractivity contribution in [1.82, 2.24) is 0 Å². The van der Waals surface area contributed by atoms with Gasteiger partial charge in [-0.2, -0.15) is 0 Å². The minimum absolute atomic E-state index is 1.25. The zero-order valence-electron chi connectivity index (χ0n) is 11.6. The van der Waals surface area contributed by atoms with Gasteiger partial charge in [-0.3, -0.25) is 0 Å². The lowest BCUT2D eigenvalue weighted by Crippen LogP contribution is -2.02. The monoisotopic (exact) mass is 258 g/mol. The van der Waals surface area contributed by atoms with E-state index in [1.165, 1.54) is 47.6 Å². The van der Waals surface area contributed by atoms with Crippen molar-refractivity contribution in [2.24, 2.45) is 0 Å². The van der Waals surface area contributed by atoms with Gasteiger partial charge in [-0.25, -0.2) is 0 Å². The van der Waals surface area contributed by atoms with Crippen LogP contribution in [0.5, 0.6) is 0 Å². The van der Waals surface area contributed by atoms with Crippen LogP contribution in [0.3, 0.4) is 0 Å². The van der Waals surface area contributed by atoms with Crippen LogP contribution in [-0.2, 0) is 12.8 Å². The van der Waals surface area contributed by atoms with Crippen LogP contribution in [0.15, 0.2) is 60.7 Å². The Morgan fingerprint density at radius 3 is 2.00 bits per heavy atom. The van der Waals surface area contributed by atoms with Crippen LogP contribution >= 0.6 is 0 Å². The molecule has 0 radical (unpaired) electrons. The summed E-state index contributed by atoms with van der Waals surface area (Å²) in [7, 11) is 0. The third kappa shape index (κ3) is 2.02. The fraction of sp³-hybridized carbons (Fsp3) is 0.200. The summed E-state index contributed by atoms with van der Waals surface area (Å²) in [5.74, 6) is 0. The van der Waals surface area contributed by atoms with Gasteiger partial charge in [0, 0.05) is 0 Å². The first kappa shape index (κ1) is 11.7. The topological polar surface area (TPSA) is 0 Å². The van der Waals surface area contributed by atoms with E-state index in [1.54, 1.807) is 11.1 Å². The van der Waals surface area contributed by atoms with E-state index in [2.05, 4.69) is 60.7 Å². The lowest BCUT2D eigenvalue weighted by atomic mass is 9.88. The van der Waals surface area contributed by atoms with E-state index < -0.39 is 0 Å². The van der Waals surface area contributed by atoms with Crippen molar-refractivity contribution in [1.29, 1.82) is 0 Å². The molecule has 0 heterocycles. The second kappa shape index (κ2) is 4.79. The fourth-order valence-electron chi connectivity index (χ4n) is 3.30. The van der Waals surface area contributed by atoms with Crippen molar-refractivity contribution in [3.8, 4) is 11.1 Å². The van der Waals surface area contributed by atoms with Gasteiger partial charge < -0.3 is 0 Å². The van der Waals surface area contributed by atoms with Gasteiger partial charge in [0.25, 0.3) is 0 Å². The van der Waals surface area contributed by atoms with Gasteiger partial charge in [0.1, 0.15) is 0 Å². The van der Waals surface area contributed by atoms with Crippen LogP contribution in [0.4, 0.5) is 0 Å². The molecule has 0 unspecified atom stereocenters. The highest BCUT2D eigenvalue weighted by Gasteiger charge is 2.10. The molecule has 1 aliphatic rings. The fourth-order valence-corrected chi connectivity index (χ4v) is 3.30. The Labute approximate surface area is 120 Å².